The number of hydrogen-bond donors (Lipinski definition) is 1. The van der Waals surface area contributed by atoms with Gasteiger partial charge in [0, 0.05) is 24.4 Å². The van der Waals surface area contributed by atoms with Crippen LogP contribution in [0.3, 0.4) is 0 Å². The van der Waals surface area contributed by atoms with Crippen molar-refractivity contribution in [3.63, 3.8) is 0 Å². The number of pyridine rings is 1. The first-order valence-electron chi connectivity index (χ1n) is 4.99. The average molecular weight is 251 g/mol. The fraction of sp³-hybridized carbons (Fsp3) is 0.182. The number of rotatable bonds is 4. The highest BCUT2D eigenvalue weighted by Gasteiger charge is 2.03. The van der Waals surface area contributed by atoms with Gasteiger partial charge in [-0.3, -0.25) is 0 Å². The van der Waals surface area contributed by atoms with E-state index in [1.165, 1.54) is 6.33 Å². The molecule has 2 rings (SSSR count). The summed E-state index contributed by atoms with van der Waals surface area (Å²) in [5, 5.41) is 3.52. The molecule has 88 valence electrons. The largest absolute Gasteiger partial charge is 0.481 e. The zero-order chi connectivity index (χ0) is 12.1. The van der Waals surface area contributed by atoms with Crippen LogP contribution in [-0.4, -0.2) is 22.1 Å². The van der Waals surface area contributed by atoms with Crippen molar-refractivity contribution < 1.29 is 4.74 Å². The van der Waals surface area contributed by atoms with Gasteiger partial charge in [0.05, 0.1) is 7.11 Å². The summed E-state index contributed by atoms with van der Waals surface area (Å²) in [7, 11) is 1.59. The van der Waals surface area contributed by atoms with Gasteiger partial charge in [-0.15, -0.1) is 0 Å². The number of aromatic nitrogens is 3. The van der Waals surface area contributed by atoms with Crippen LogP contribution < -0.4 is 10.1 Å². The molecule has 0 aliphatic heterocycles. The molecular formula is C11H11ClN4O. The van der Waals surface area contributed by atoms with Crippen LogP contribution in [0, 0.1) is 0 Å². The molecule has 0 saturated heterocycles. The maximum absolute atomic E-state index is 5.76. The van der Waals surface area contributed by atoms with Gasteiger partial charge < -0.3 is 10.1 Å². The van der Waals surface area contributed by atoms with Gasteiger partial charge in [0.25, 0.3) is 0 Å². The highest BCUT2D eigenvalue weighted by atomic mass is 35.5. The van der Waals surface area contributed by atoms with Gasteiger partial charge in [-0.2, -0.15) is 0 Å². The summed E-state index contributed by atoms with van der Waals surface area (Å²) in [5.41, 5.74) is 0.949. The maximum atomic E-state index is 5.76. The van der Waals surface area contributed by atoms with Gasteiger partial charge in [-0.25, -0.2) is 15.0 Å². The molecule has 0 aromatic carbocycles. The van der Waals surface area contributed by atoms with Crippen LogP contribution in [0.15, 0.2) is 30.7 Å². The number of anilines is 1. The first kappa shape index (κ1) is 11.6. The number of hydrogen-bond acceptors (Lipinski definition) is 5. The minimum atomic E-state index is 0.403. The second-order valence-corrected chi connectivity index (χ2v) is 3.64. The van der Waals surface area contributed by atoms with Crippen molar-refractivity contribution in [1.29, 1.82) is 0 Å². The Hall–Kier alpha value is -1.88. The zero-order valence-electron chi connectivity index (χ0n) is 9.22. The molecule has 0 aliphatic carbocycles. The molecule has 1 N–H and O–H groups in total. The SMILES string of the molecule is COc1ncccc1CNc1cc(Cl)ncn1. The van der Waals surface area contributed by atoms with Gasteiger partial charge in [0.15, 0.2) is 0 Å². The Morgan fingerprint density at radius 3 is 3.00 bits per heavy atom. The number of halogens is 1. The fourth-order valence-corrected chi connectivity index (χ4v) is 1.51. The topological polar surface area (TPSA) is 59.9 Å². The van der Waals surface area contributed by atoms with Crippen molar-refractivity contribution in [2.24, 2.45) is 0 Å². The standard InChI is InChI=1S/C11H11ClN4O/c1-17-11-8(3-2-4-13-11)6-14-10-5-9(12)15-7-16-10/h2-5,7H,6H2,1H3,(H,14,15,16). The number of nitrogens with zero attached hydrogens (tertiary/aromatic N) is 3. The first-order chi connectivity index (χ1) is 8.29. The lowest BCUT2D eigenvalue weighted by molar-refractivity contribution is 0.393. The van der Waals surface area contributed by atoms with E-state index in [-0.39, 0.29) is 0 Å². The van der Waals surface area contributed by atoms with Crippen LogP contribution in [0.2, 0.25) is 5.15 Å². The molecule has 0 amide bonds. The summed E-state index contributed by atoms with van der Waals surface area (Å²) in [4.78, 5) is 12.0. The van der Waals surface area contributed by atoms with E-state index in [9.17, 15) is 0 Å². The fourth-order valence-electron chi connectivity index (χ4n) is 1.36. The van der Waals surface area contributed by atoms with E-state index in [0.717, 1.165) is 5.56 Å². The van der Waals surface area contributed by atoms with Gasteiger partial charge in [0.1, 0.15) is 17.3 Å². The highest BCUT2D eigenvalue weighted by molar-refractivity contribution is 6.29. The van der Waals surface area contributed by atoms with Crippen LogP contribution in [0.4, 0.5) is 5.82 Å². The molecule has 0 radical (unpaired) electrons. The van der Waals surface area contributed by atoms with Gasteiger partial charge in [0.2, 0.25) is 5.88 Å². The summed E-state index contributed by atoms with van der Waals surface area (Å²) >= 11 is 5.76. The third-order valence-electron chi connectivity index (χ3n) is 2.14. The molecule has 5 nitrogen and oxygen atoms in total. The molecule has 0 spiro atoms. The van der Waals surface area contributed by atoms with Crippen molar-refractivity contribution in [2.45, 2.75) is 6.54 Å². The Kier molecular flexibility index (Phi) is 3.72. The van der Waals surface area contributed by atoms with E-state index in [4.69, 9.17) is 16.3 Å². The molecule has 0 fully saturated rings. The summed E-state index contributed by atoms with van der Waals surface area (Å²) in [6.07, 6.45) is 3.09. The smallest absolute Gasteiger partial charge is 0.218 e. The second kappa shape index (κ2) is 5.45. The zero-order valence-corrected chi connectivity index (χ0v) is 9.98. The van der Waals surface area contributed by atoms with Crippen LogP contribution in [0.5, 0.6) is 5.88 Å². The maximum Gasteiger partial charge on any atom is 0.218 e. The normalized spacial score (nSPS) is 10.0. The Morgan fingerprint density at radius 1 is 1.35 bits per heavy atom. The minimum Gasteiger partial charge on any atom is -0.481 e. The Morgan fingerprint density at radius 2 is 2.24 bits per heavy atom. The van der Waals surface area contributed by atoms with Crippen molar-refractivity contribution in [3.05, 3.63) is 41.4 Å². The molecule has 2 aromatic rings. The molecule has 2 heterocycles. The van der Waals surface area contributed by atoms with Crippen molar-refractivity contribution in [2.75, 3.05) is 12.4 Å². The van der Waals surface area contributed by atoms with E-state index in [2.05, 4.69) is 20.3 Å². The average Bonchev–Trinajstić information content (AvgIpc) is 2.37. The summed E-state index contributed by atoms with van der Waals surface area (Å²) in [6.45, 7) is 0.560. The molecule has 0 saturated carbocycles. The van der Waals surface area contributed by atoms with E-state index >= 15 is 0 Å². The molecule has 0 unspecified atom stereocenters. The molecule has 0 bridgehead atoms. The summed E-state index contributed by atoms with van der Waals surface area (Å²) in [6, 6.07) is 5.44. The van der Waals surface area contributed by atoms with Gasteiger partial charge in [-0.1, -0.05) is 17.7 Å². The first-order valence-corrected chi connectivity index (χ1v) is 5.36. The number of methoxy groups -OCH3 is 1. The highest BCUT2D eigenvalue weighted by Crippen LogP contribution is 2.16. The molecule has 2 aromatic heterocycles. The van der Waals surface area contributed by atoms with E-state index < -0.39 is 0 Å². The lowest BCUT2D eigenvalue weighted by atomic mass is 10.2. The van der Waals surface area contributed by atoms with Crippen LogP contribution in [0.1, 0.15) is 5.56 Å². The van der Waals surface area contributed by atoms with Gasteiger partial charge in [-0.05, 0) is 6.07 Å². The Bertz CT molecular complexity index is 506. The summed E-state index contributed by atoms with van der Waals surface area (Å²) in [5.74, 6) is 1.26. The quantitative estimate of drug-likeness (QED) is 0.843. The monoisotopic (exact) mass is 250 g/mol. The molecular weight excluding hydrogens is 240 g/mol. The lowest BCUT2D eigenvalue weighted by Crippen LogP contribution is -2.04. The van der Waals surface area contributed by atoms with Crippen LogP contribution in [0.25, 0.3) is 0 Å². The predicted octanol–water partition coefficient (Wildman–Crippen LogP) is 2.15. The Labute approximate surface area is 104 Å². The van der Waals surface area contributed by atoms with E-state index in [1.807, 2.05) is 12.1 Å². The third-order valence-corrected chi connectivity index (χ3v) is 2.34. The lowest BCUT2D eigenvalue weighted by Gasteiger charge is -2.08. The van der Waals surface area contributed by atoms with Crippen molar-refractivity contribution in [3.8, 4) is 5.88 Å². The van der Waals surface area contributed by atoms with E-state index in [1.54, 1.807) is 19.4 Å². The molecule has 17 heavy (non-hydrogen) atoms. The Balaban J connectivity index is 2.07. The molecule has 0 atom stereocenters. The molecule has 6 heteroatoms. The predicted molar refractivity (Wildman–Crippen MR) is 65.2 cm³/mol. The number of nitrogens with one attached hydrogen (secondary N) is 1. The number of ether oxygens (including phenoxy) is 1. The van der Waals surface area contributed by atoms with Crippen molar-refractivity contribution in [1.82, 2.24) is 15.0 Å². The third kappa shape index (κ3) is 3.04. The van der Waals surface area contributed by atoms with Crippen molar-refractivity contribution >= 4 is 17.4 Å². The van der Waals surface area contributed by atoms with Crippen LogP contribution in [-0.2, 0) is 6.54 Å². The minimum absolute atomic E-state index is 0.403. The summed E-state index contributed by atoms with van der Waals surface area (Å²) < 4.78 is 5.15. The molecule has 0 aliphatic rings. The van der Waals surface area contributed by atoms with Crippen LogP contribution >= 0.6 is 11.6 Å². The van der Waals surface area contributed by atoms with E-state index in [0.29, 0.717) is 23.4 Å². The van der Waals surface area contributed by atoms with Gasteiger partial charge >= 0.3 is 0 Å². The second-order valence-electron chi connectivity index (χ2n) is 3.25.